The monoisotopic (exact) mass is 302 g/mol. The van der Waals surface area contributed by atoms with E-state index in [1.807, 2.05) is 6.07 Å². The van der Waals surface area contributed by atoms with E-state index in [0.717, 1.165) is 5.56 Å². The Balaban J connectivity index is 1.94. The molecule has 1 aromatic rings. The summed E-state index contributed by atoms with van der Waals surface area (Å²) in [7, 11) is -1.67. The average Bonchev–Trinajstić information content (AvgIpc) is 2.38. The molecule has 0 N–H and O–H groups in total. The van der Waals surface area contributed by atoms with E-state index in [9.17, 15) is 12.8 Å². The molecule has 0 bridgehead atoms. The van der Waals surface area contributed by atoms with Gasteiger partial charge in [0.15, 0.2) is 11.6 Å². The minimum absolute atomic E-state index is 0.232. The predicted octanol–water partition coefficient (Wildman–Crippen LogP) is 0.911. The topological polar surface area (TPSA) is 49.9 Å². The highest BCUT2D eigenvalue weighted by Crippen LogP contribution is 2.19. The number of sulfonamides is 1. The third-order valence-electron chi connectivity index (χ3n) is 3.42. The molecule has 1 aliphatic heterocycles. The molecule has 0 atom stereocenters. The number of nitrogens with zero attached hydrogens (tertiary/aromatic N) is 2. The van der Waals surface area contributed by atoms with E-state index in [-0.39, 0.29) is 11.6 Å². The molecular formula is C13H19FN2O3S. The Kier molecular flexibility index (Phi) is 4.62. The first-order valence-corrected chi connectivity index (χ1v) is 8.25. The fourth-order valence-corrected chi connectivity index (χ4v) is 3.11. The third kappa shape index (κ3) is 3.68. The maximum Gasteiger partial charge on any atom is 0.211 e. The maximum absolute atomic E-state index is 13.6. The van der Waals surface area contributed by atoms with E-state index in [1.165, 1.54) is 23.7 Å². The van der Waals surface area contributed by atoms with Crippen molar-refractivity contribution in [3.63, 3.8) is 0 Å². The number of piperazine rings is 1. The van der Waals surface area contributed by atoms with Crippen LogP contribution in [0.2, 0.25) is 0 Å². The highest BCUT2D eigenvalue weighted by molar-refractivity contribution is 7.88. The number of benzene rings is 1. The molecule has 0 aliphatic carbocycles. The van der Waals surface area contributed by atoms with Crippen molar-refractivity contribution >= 4 is 10.0 Å². The number of hydrogen-bond donors (Lipinski definition) is 0. The Hall–Kier alpha value is -1.18. The van der Waals surface area contributed by atoms with Crippen LogP contribution in [0.4, 0.5) is 4.39 Å². The van der Waals surface area contributed by atoms with Gasteiger partial charge in [-0.05, 0) is 17.7 Å². The van der Waals surface area contributed by atoms with Gasteiger partial charge in [-0.25, -0.2) is 12.8 Å². The fourth-order valence-electron chi connectivity index (χ4n) is 2.29. The van der Waals surface area contributed by atoms with Gasteiger partial charge in [-0.3, -0.25) is 4.90 Å². The lowest BCUT2D eigenvalue weighted by Gasteiger charge is -2.33. The number of methoxy groups -OCH3 is 1. The maximum atomic E-state index is 13.6. The molecular weight excluding hydrogens is 283 g/mol. The molecule has 0 radical (unpaired) electrons. The Morgan fingerprint density at radius 3 is 2.40 bits per heavy atom. The van der Waals surface area contributed by atoms with E-state index < -0.39 is 10.0 Å². The molecule has 7 heteroatoms. The van der Waals surface area contributed by atoms with E-state index >= 15 is 0 Å². The standard InChI is InChI=1S/C13H19FN2O3S/c1-19-13-4-3-11(9-12(13)14)10-15-5-7-16(8-6-15)20(2,17)18/h3-4,9H,5-8,10H2,1-2H3. The summed E-state index contributed by atoms with van der Waals surface area (Å²) >= 11 is 0. The third-order valence-corrected chi connectivity index (χ3v) is 4.73. The molecule has 0 unspecified atom stereocenters. The first-order valence-electron chi connectivity index (χ1n) is 6.40. The molecule has 0 aromatic heterocycles. The molecule has 5 nitrogen and oxygen atoms in total. The van der Waals surface area contributed by atoms with Crippen LogP contribution in [0.15, 0.2) is 18.2 Å². The number of hydrogen-bond acceptors (Lipinski definition) is 4. The second-order valence-corrected chi connectivity index (χ2v) is 6.89. The van der Waals surface area contributed by atoms with Crippen molar-refractivity contribution in [2.24, 2.45) is 0 Å². The zero-order valence-corrected chi connectivity index (χ0v) is 12.5. The summed E-state index contributed by atoms with van der Waals surface area (Å²) in [4.78, 5) is 2.11. The number of halogens is 1. The van der Waals surface area contributed by atoms with Gasteiger partial charge in [-0.1, -0.05) is 6.07 Å². The van der Waals surface area contributed by atoms with Crippen LogP contribution >= 0.6 is 0 Å². The largest absolute Gasteiger partial charge is 0.494 e. The zero-order valence-electron chi connectivity index (χ0n) is 11.7. The normalized spacial score (nSPS) is 18.1. The molecule has 2 rings (SSSR count). The first-order chi connectivity index (χ1) is 9.40. The van der Waals surface area contributed by atoms with Gasteiger partial charge in [-0.2, -0.15) is 4.31 Å². The lowest BCUT2D eigenvalue weighted by Crippen LogP contribution is -2.47. The second-order valence-electron chi connectivity index (χ2n) is 4.91. The summed E-state index contributed by atoms with van der Waals surface area (Å²) < 4.78 is 42.8. The first kappa shape index (κ1) is 15.2. The van der Waals surface area contributed by atoms with Gasteiger partial charge >= 0.3 is 0 Å². The molecule has 1 aliphatic rings. The Bertz CT molecular complexity index is 569. The van der Waals surface area contributed by atoms with Crippen molar-refractivity contribution in [3.8, 4) is 5.75 Å². The van der Waals surface area contributed by atoms with Gasteiger partial charge in [0.05, 0.1) is 13.4 Å². The van der Waals surface area contributed by atoms with Crippen LogP contribution in [-0.2, 0) is 16.6 Å². The molecule has 0 saturated carbocycles. The van der Waals surface area contributed by atoms with Gasteiger partial charge in [0, 0.05) is 32.7 Å². The average molecular weight is 302 g/mol. The van der Waals surface area contributed by atoms with Gasteiger partial charge in [0.25, 0.3) is 0 Å². The van der Waals surface area contributed by atoms with Gasteiger partial charge < -0.3 is 4.74 Å². The predicted molar refractivity (Wildman–Crippen MR) is 74.6 cm³/mol. The quantitative estimate of drug-likeness (QED) is 0.829. The van der Waals surface area contributed by atoms with Crippen LogP contribution in [0.5, 0.6) is 5.75 Å². The minimum atomic E-state index is -3.11. The minimum Gasteiger partial charge on any atom is -0.494 e. The highest BCUT2D eigenvalue weighted by Gasteiger charge is 2.23. The number of ether oxygens (including phenoxy) is 1. The molecule has 1 aromatic carbocycles. The van der Waals surface area contributed by atoms with Gasteiger partial charge in [-0.15, -0.1) is 0 Å². The summed E-state index contributed by atoms with van der Waals surface area (Å²) in [6, 6.07) is 4.89. The Morgan fingerprint density at radius 2 is 1.90 bits per heavy atom. The van der Waals surface area contributed by atoms with E-state index in [0.29, 0.717) is 32.7 Å². The van der Waals surface area contributed by atoms with Crippen molar-refractivity contribution in [3.05, 3.63) is 29.6 Å². The van der Waals surface area contributed by atoms with Crippen LogP contribution < -0.4 is 4.74 Å². The zero-order chi connectivity index (χ0) is 14.8. The molecule has 20 heavy (non-hydrogen) atoms. The fraction of sp³-hybridized carbons (Fsp3) is 0.538. The molecule has 0 spiro atoms. The van der Waals surface area contributed by atoms with Gasteiger partial charge in [0.1, 0.15) is 0 Å². The van der Waals surface area contributed by atoms with Crippen molar-refractivity contribution in [2.45, 2.75) is 6.54 Å². The summed E-state index contributed by atoms with van der Waals surface area (Å²) in [6.45, 7) is 2.88. The highest BCUT2D eigenvalue weighted by atomic mass is 32.2. The Morgan fingerprint density at radius 1 is 1.25 bits per heavy atom. The van der Waals surface area contributed by atoms with Crippen LogP contribution in [0.3, 0.4) is 0 Å². The molecule has 1 fully saturated rings. The summed E-state index contributed by atoms with van der Waals surface area (Å²) in [6.07, 6.45) is 1.22. The van der Waals surface area contributed by atoms with Crippen LogP contribution in [-0.4, -0.2) is 57.2 Å². The lowest BCUT2D eigenvalue weighted by molar-refractivity contribution is 0.182. The lowest BCUT2D eigenvalue weighted by atomic mass is 10.2. The van der Waals surface area contributed by atoms with Crippen molar-refractivity contribution in [2.75, 3.05) is 39.5 Å². The van der Waals surface area contributed by atoms with Crippen molar-refractivity contribution in [1.29, 1.82) is 0 Å². The molecule has 112 valence electrons. The SMILES string of the molecule is COc1ccc(CN2CCN(S(C)(=O)=O)CC2)cc1F. The van der Waals surface area contributed by atoms with Crippen LogP contribution in [0.1, 0.15) is 5.56 Å². The van der Waals surface area contributed by atoms with E-state index in [4.69, 9.17) is 4.74 Å². The second kappa shape index (κ2) is 6.07. The van der Waals surface area contributed by atoms with Crippen molar-refractivity contribution < 1.29 is 17.5 Å². The van der Waals surface area contributed by atoms with Crippen molar-refractivity contribution in [1.82, 2.24) is 9.21 Å². The molecule has 1 heterocycles. The summed E-state index contributed by atoms with van der Waals surface area (Å²) in [5.41, 5.74) is 0.858. The smallest absolute Gasteiger partial charge is 0.211 e. The number of rotatable bonds is 4. The molecule has 0 amide bonds. The Labute approximate surface area is 119 Å². The van der Waals surface area contributed by atoms with Crippen LogP contribution in [0.25, 0.3) is 0 Å². The summed E-state index contributed by atoms with van der Waals surface area (Å²) in [5.74, 6) is -0.143. The van der Waals surface area contributed by atoms with Gasteiger partial charge in [0.2, 0.25) is 10.0 Å². The summed E-state index contributed by atoms with van der Waals surface area (Å²) in [5, 5.41) is 0. The molecule has 1 saturated heterocycles. The van der Waals surface area contributed by atoms with E-state index in [1.54, 1.807) is 6.07 Å². The van der Waals surface area contributed by atoms with E-state index in [2.05, 4.69) is 4.90 Å². The van der Waals surface area contributed by atoms with Crippen LogP contribution in [0, 0.1) is 5.82 Å².